The van der Waals surface area contributed by atoms with Crippen LogP contribution in [0, 0.1) is 17.8 Å². The second-order valence-electron chi connectivity index (χ2n) is 19.2. The molecule has 0 saturated heterocycles. The van der Waals surface area contributed by atoms with Crippen molar-refractivity contribution in [3.05, 3.63) is 18.2 Å². The van der Waals surface area contributed by atoms with E-state index >= 15 is 0 Å². The second kappa shape index (κ2) is 33.4. The third kappa shape index (κ3) is 25.4. The lowest BCUT2D eigenvalue weighted by atomic mass is 9.99. The number of carboxylic acid groups (broad SMARTS) is 2. The zero-order valence-corrected chi connectivity index (χ0v) is 43.7. The van der Waals surface area contributed by atoms with Crippen molar-refractivity contribution in [2.75, 3.05) is 13.1 Å². The highest BCUT2D eigenvalue weighted by atomic mass is 16.4. The molecule has 0 fully saturated rings. The Labute approximate surface area is 435 Å². The highest BCUT2D eigenvalue weighted by Crippen LogP contribution is 2.12. The third-order valence-corrected chi connectivity index (χ3v) is 11.4. The number of imidazole rings is 1. The second-order valence-corrected chi connectivity index (χ2v) is 19.2. The molecule has 1 aromatic rings. The van der Waals surface area contributed by atoms with Crippen LogP contribution in [0.1, 0.15) is 112 Å². The van der Waals surface area contributed by atoms with Crippen LogP contribution in [0.4, 0.5) is 0 Å². The number of carbonyl (C=O) groups is 11. The van der Waals surface area contributed by atoms with Crippen molar-refractivity contribution in [2.24, 2.45) is 51.4 Å². The maximum Gasteiger partial charge on any atom is 0.326 e. The lowest BCUT2D eigenvalue weighted by Gasteiger charge is -2.29. The van der Waals surface area contributed by atoms with E-state index in [-0.39, 0.29) is 63.5 Å². The smallest absolute Gasteiger partial charge is 0.326 e. The predicted molar refractivity (Wildman–Crippen MR) is 272 cm³/mol. The first kappa shape index (κ1) is 65.6. The summed E-state index contributed by atoms with van der Waals surface area (Å²) in [6.45, 7) is 11.4. The number of aromatic nitrogens is 2. The van der Waals surface area contributed by atoms with E-state index in [4.69, 9.17) is 33.8 Å². The summed E-state index contributed by atoms with van der Waals surface area (Å²) in [7, 11) is 0. The number of unbranched alkanes of at least 4 members (excludes halogenated alkanes) is 1. The zero-order valence-electron chi connectivity index (χ0n) is 43.7. The molecule has 422 valence electrons. The number of rotatable bonds is 36. The van der Waals surface area contributed by atoms with Crippen LogP contribution in [0.5, 0.6) is 0 Å². The monoisotopic (exact) mass is 1060 g/mol. The van der Waals surface area contributed by atoms with E-state index < -0.39 is 144 Å². The fourth-order valence-electron chi connectivity index (χ4n) is 7.20. The van der Waals surface area contributed by atoms with Gasteiger partial charge in [-0.05, 0) is 76.2 Å². The fraction of sp³-hybridized carbons (Fsp3) is 0.674. The van der Waals surface area contributed by atoms with Crippen molar-refractivity contribution in [1.82, 2.24) is 52.5 Å². The van der Waals surface area contributed by atoms with E-state index in [2.05, 4.69) is 57.5 Å². The lowest BCUT2D eigenvalue weighted by Crippen LogP contribution is -2.61. The van der Waals surface area contributed by atoms with E-state index in [1.54, 1.807) is 41.5 Å². The van der Waals surface area contributed by atoms with Crippen molar-refractivity contribution in [3.8, 4) is 0 Å². The lowest BCUT2D eigenvalue weighted by molar-refractivity contribution is -0.143. The molecule has 0 spiro atoms. The van der Waals surface area contributed by atoms with Gasteiger partial charge in [0.2, 0.25) is 53.2 Å². The number of primary amides is 1. The number of amides is 9. The summed E-state index contributed by atoms with van der Waals surface area (Å²) in [6, 6.07) is -12.3. The summed E-state index contributed by atoms with van der Waals surface area (Å²) in [4.78, 5) is 155. The van der Waals surface area contributed by atoms with Crippen LogP contribution in [0.15, 0.2) is 17.5 Å². The normalized spacial score (nSPS) is 14.8. The van der Waals surface area contributed by atoms with Crippen molar-refractivity contribution < 1.29 is 63.0 Å². The number of aliphatic carboxylic acids is 2. The SMILES string of the molecule is CC(C)C[C@H](NC(=O)[C@H](CCCCN)NC(=O)[C@@H](NC(=O)[C@H](Cc1cnc[nH]1)NC(=O)[C@H](CCCN=C(N)N)NC(=O)[C@H](C)NC(=O)[C@@H](N)CCC(=O)O)C(C)C)C(=O)N[C@@H](CC(N)=O)C(=O)N[C@H](C(=O)O)C(C)C. The number of hydrogen-bond donors (Lipinski definition) is 16. The molecule has 1 aromatic heterocycles. The molecule has 29 nitrogen and oxygen atoms in total. The van der Waals surface area contributed by atoms with Gasteiger partial charge >= 0.3 is 11.9 Å². The van der Waals surface area contributed by atoms with Gasteiger partial charge in [0, 0.05) is 31.3 Å². The summed E-state index contributed by atoms with van der Waals surface area (Å²) >= 11 is 0. The van der Waals surface area contributed by atoms with Gasteiger partial charge in [0.15, 0.2) is 5.96 Å². The minimum absolute atomic E-state index is 0.00505. The topological polar surface area (TPSA) is 496 Å². The molecule has 0 unspecified atom stereocenters. The van der Waals surface area contributed by atoms with Crippen molar-refractivity contribution in [3.63, 3.8) is 0 Å². The first-order valence-electron chi connectivity index (χ1n) is 24.7. The molecule has 21 N–H and O–H groups in total. The Morgan fingerprint density at radius 3 is 1.61 bits per heavy atom. The summed E-state index contributed by atoms with van der Waals surface area (Å²) in [6.07, 6.45) is 2.04. The van der Waals surface area contributed by atoms with Crippen molar-refractivity contribution in [2.45, 2.75) is 167 Å². The minimum atomic E-state index is -1.62. The molecule has 0 aliphatic rings. The van der Waals surface area contributed by atoms with Crippen LogP contribution in [-0.4, -0.2) is 159 Å². The van der Waals surface area contributed by atoms with Crippen LogP contribution in [0.25, 0.3) is 0 Å². The summed E-state index contributed by atoms with van der Waals surface area (Å²) in [5, 5.41) is 38.8. The standard InChI is InChI=1S/C46H80N16O13/c1-22(2)17-30(41(70)60-32(19-33(49)63)43(72)62-36(24(5)6)45(74)75)58-39(68)28(11-8-9-15-47)57-44(73)35(23(3)4)61-42(71)31(18-26-20-52-21-54-26)59-40(69)29(12-10-16-53-46(50)51)56-37(66)25(7)55-38(67)27(48)13-14-34(64)65/h20-25,27-32,35-36H,8-19,47-48H2,1-7H3,(H2,49,63)(H,52,54)(H,55,67)(H,56,66)(H,57,73)(H,58,68)(H,59,69)(H,60,70)(H,61,71)(H,62,72)(H,64,65)(H,74,75)(H4,50,51,53)/t25-,27-,28-,29-,30-,31-,32-,35-,36-/m0/s1. The van der Waals surface area contributed by atoms with Crippen molar-refractivity contribution >= 4 is 71.1 Å². The highest BCUT2D eigenvalue weighted by molar-refractivity contribution is 5.99. The van der Waals surface area contributed by atoms with Crippen molar-refractivity contribution in [1.29, 1.82) is 0 Å². The van der Waals surface area contributed by atoms with Gasteiger partial charge < -0.3 is 86.4 Å². The van der Waals surface area contributed by atoms with Crippen LogP contribution in [-0.2, 0) is 59.2 Å². The number of nitrogens with zero attached hydrogens (tertiary/aromatic N) is 2. The fourth-order valence-corrected chi connectivity index (χ4v) is 7.20. The molecule has 9 atom stereocenters. The quantitative estimate of drug-likeness (QED) is 0.0171. The maximum atomic E-state index is 14.3. The molecular formula is C46H80N16O13. The average Bonchev–Trinajstić information content (AvgIpc) is 3.83. The number of nitrogens with one attached hydrogen (secondary N) is 9. The number of aliphatic imine (C=N–C) groups is 1. The predicted octanol–water partition coefficient (Wildman–Crippen LogP) is -4.46. The molecule has 0 saturated carbocycles. The number of guanidine groups is 1. The van der Waals surface area contributed by atoms with E-state index in [0.29, 0.717) is 18.5 Å². The molecule has 1 rings (SSSR count). The molecule has 9 amide bonds. The van der Waals surface area contributed by atoms with E-state index in [9.17, 15) is 57.8 Å². The Balaban J connectivity index is 3.50. The summed E-state index contributed by atoms with van der Waals surface area (Å²) in [5.41, 5.74) is 28.2. The van der Waals surface area contributed by atoms with E-state index in [1.165, 1.54) is 19.4 Å². The molecule has 75 heavy (non-hydrogen) atoms. The Morgan fingerprint density at radius 1 is 0.600 bits per heavy atom. The number of H-pyrrole nitrogens is 1. The van der Waals surface area contributed by atoms with Crippen LogP contribution in [0.3, 0.4) is 0 Å². The number of carbonyl (C=O) groups excluding carboxylic acids is 9. The van der Waals surface area contributed by atoms with Gasteiger partial charge in [0.05, 0.1) is 18.8 Å². The molecule has 1 heterocycles. The van der Waals surface area contributed by atoms with Crippen LogP contribution < -0.4 is 71.2 Å². The molecule has 0 aromatic carbocycles. The van der Waals surface area contributed by atoms with E-state index in [1.807, 2.05) is 0 Å². The molecule has 0 aliphatic heterocycles. The van der Waals surface area contributed by atoms with Gasteiger partial charge in [0.1, 0.15) is 48.3 Å². The van der Waals surface area contributed by atoms with Crippen LogP contribution >= 0.6 is 0 Å². The summed E-state index contributed by atoms with van der Waals surface area (Å²) < 4.78 is 0. The Hall–Kier alpha value is -7.43. The van der Waals surface area contributed by atoms with Gasteiger partial charge in [-0.25, -0.2) is 9.78 Å². The zero-order chi connectivity index (χ0) is 57.1. The van der Waals surface area contributed by atoms with E-state index in [0.717, 1.165) is 0 Å². The largest absolute Gasteiger partial charge is 0.481 e. The Kier molecular flexibility index (Phi) is 29.2. The van der Waals surface area contributed by atoms with Gasteiger partial charge in [-0.15, -0.1) is 0 Å². The third-order valence-electron chi connectivity index (χ3n) is 11.4. The van der Waals surface area contributed by atoms with Gasteiger partial charge in [-0.1, -0.05) is 41.5 Å². The Bertz CT molecular complexity index is 2120. The molecule has 0 radical (unpaired) electrons. The molecule has 29 heteroatoms. The first-order chi connectivity index (χ1) is 35.1. The van der Waals surface area contributed by atoms with Gasteiger partial charge in [-0.3, -0.25) is 52.9 Å². The average molecular weight is 1070 g/mol. The minimum Gasteiger partial charge on any atom is -0.481 e. The van der Waals surface area contributed by atoms with Gasteiger partial charge in [0.25, 0.3) is 0 Å². The molecule has 0 aliphatic carbocycles. The van der Waals surface area contributed by atoms with Crippen LogP contribution in [0.2, 0.25) is 0 Å². The first-order valence-corrected chi connectivity index (χ1v) is 24.7. The number of nitrogens with two attached hydrogens (primary N) is 5. The maximum absolute atomic E-state index is 14.3. The number of hydrogen-bond acceptors (Lipinski definition) is 15. The molecule has 0 bridgehead atoms. The molecular weight excluding hydrogens is 985 g/mol. The highest BCUT2D eigenvalue weighted by Gasteiger charge is 2.36. The summed E-state index contributed by atoms with van der Waals surface area (Å²) in [5.74, 6) is -12.2. The number of aromatic amines is 1. The van der Waals surface area contributed by atoms with Gasteiger partial charge in [-0.2, -0.15) is 0 Å². The Morgan fingerprint density at radius 2 is 1.11 bits per heavy atom. The number of carboxylic acids is 2.